The number of ether oxygens (including phenoxy) is 2. The highest BCUT2D eigenvalue weighted by atomic mass is 35.5. The fourth-order valence-electron chi connectivity index (χ4n) is 1.76. The van der Waals surface area contributed by atoms with Crippen LogP contribution in [0.25, 0.3) is 0 Å². The van der Waals surface area contributed by atoms with Crippen molar-refractivity contribution in [3.05, 3.63) is 57.6 Å². The van der Waals surface area contributed by atoms with Crippen LogP contribution in [0, 0.1) is 10.1 Å². The van der Waals surface area contributed by atoms with E-state index in [4.69, 9.17) is 26.2 Å². The van der Waals surface area contributed by atoms with Gasteiger partial charge in [0, 0.05) is 12.1 Å². The van der Waals surface area contributed by atoms with E-state index in [1.807, 2.05) is 0 Å². The number of hydrogen-bond acceptors (Lipinski definition) is 6. The second kappa shape index (κ2) is 7.47. The predicted octanol–water partition coefficient (Wildman–Crippen LogP) is 2.35. The molecule has 128 valence electrons. The van der Waals surface area contributed by atoms with Gasteiger partial charge in [-0.15, -0.1) is 0 Å². The molecule has 0 aliphatic heterocycles. The summed E-state index contributed by atoms with van der Waals surface area (Å²) in [4.78, 5) is 10.0. The summed E-state index contributed by atoms with van der Waals surface area (Å²) < 4.78 is 33.0. The molecule has 0 aliphatic carbocycles. The Hall–Kier alpha value is -2.36. The van der Waals surface area contributed by atoms with Crippen molar-refractivity contribution in [3.8, 4) is 11.5 Å². The number of nitro benzene ring substituents is 1. The van der Waals surface area contributed by atoms with Crippen LogP contribution in [0.4, 0.5) is 5.69 Å². The number of halogens is 1. The molecule has 0 amide bonds. The average Bonchev–Trinajstić information content (AvgIpc) is 2.52. The van der Waals surface area contributed by atoms with E-state index < -0.39 is 14.9 Å². The maximum atomic E-state index is 11.1. The minimum absolute atomic E-state index is 0.0104. The molecule has 24 heavy (non-hydrogen) atoms. The zero-order valence-corrected chi connectivity index (χ0v) is 13.8. The molecule has 0 fully saturated rings. The molecule has 0 spiro atoms. The second-order valence-corrected chi connectivity index (χ2v) is 6.55. The molecule has 0 atom stereocenters. The number of rotatable bonds is 7. The van der Waals surface area contributed by atoms with Gasteiger partial charge in [0.05, 0.1) is 14.8 Å². The van der Waals surface area contributed by atoms with Crippen LogP contribution in [0.1, 0.15) is 0 Å². The highest BCUT2D eigenvalue weighted by Gasteiger charge is 2.10. The standard InChI is InChI=1S/C14H13ClN2O6S/c15-13-9-10(17(18)19)1-6-14(13)23-8-7-22-11-2-4-12(5-3-11)24(16,20)21/h1-6,9H,7-8H2,(H2,16,20,21). The zero-order chi connectivity index (χ0) is 17.7. The summed E-state index contributed by atoms with van der Waals surface area (Å²) in [6, 6.07) is 9.49. The summed E-state index contributed by atoms with van der Waals surface area (Å²) in [7, 11) is -3.74. The molecule has 0 aromatic heterocycles. The van der Waals surface area contributed by atoms with Crippen molar-refractivity contribution in [1.29, 1.82) is 0 Å². The average molecular weight is 373 g/mol. The third kappa shape index (κ3) is 4.82. The van der Waals surface area contributed by atoms with Crippen LogP contribution in [0.15, 0.2) is 47.4 Å². The van der Waals surface area contributed by atoms with Crippen molar-refractivity contribution < 1.29 is 22.8 Å². The lowest BCUT2D eigenvalue weighted by atomic mass is 10.3. The number of primary sulfonamides is 1. The fraction of sp³-hybridized carbons (Fsp3) is 0.143. The van der Waals surface area contributed by atoms with Gasteiger partial charge in [0.15, 0.2) is 0 Å². The monoisotopic (exact) mass is 372 g/mol. The van der Waals surface area contributed by atoms with Gasteiger partial charge in [-0.1, -0.05) is 11.6 Å². The van der Waals surface area contributed by atoms with Crippen LogP contribution >= 0.6 is 11.6 Å². The third-order valence-electron chi connectivity index (χ3n) is 2.89. The van der Waals surface area contributed by atoms with Crippen LogP contribution < -0.4 is 14.6 Å². The maximum absolute atomic E-state index is 11.1. The molecule has 0 bridgehead atoms. The van der Waals surface area contributed by atoms with Crippen molar-refractivity contribution in [2.24, 2.45) is 5.14 Å². The van der Waals surface area contributed by atoms with E-state index in [2.05, 4.69) is 0 Å². The molecule has 0 saturated carbocycles. The molecule has 0 heterocycles. The third-order valence-corrected chi connectivity index (χ3v) is 4.11. The lowest BCUT2D eigenvalue weighted by molar-refractivity contribution is -0.384. The van der Waals surface area contributed by atoms with Gasteiger partial charge in [-0.3, -0.25) is 10.1 Å². The number of hydrogen-bond donors (Lipinski definition) is 1. The largest absolute Gasteiger partial charge is 0.490 e. The Morgan fingerprint density at radius 3 is 2.25 bits per heavy atom. The Morgan fingerprint density at radius 2 is 1.71 bits per heavy atom. The van der Waals surface area contributed by atoms with E-state index in [-0.39, 0.29) is 28.8 Å². The zero-order valence-electron chi connectivity index (χ0n) is 12.2. The fourth-order valence-corrected chi connectivity index (χ4v) is 2.50. The van der Waals surface area contributed by atoms with E-state index in [0.717, 1.165) is 0 Å². The molecule has 0 aliphatic rings. The highest BCUT2D eigenvalue weighted by molar-refractivity contribution is 7.89. The Labute approximate surface area is 143 Å². The first kappa shape index (κ1) is 18.0. The molecule has 2 N–H and O–H groups in total. The summed E-state index contributed by atoms with van der Waals surface area (Å²) in [6.07, 6.45) is 0. The maximum Gasteiger partial charge on any atom is 0.271 e. The molecule has 2 aromatic carbocycles. The molecular formula is C14H13ClN2O6S. The van der Waals surface area contributed by atoms with Gasteiger partial charge in [-0.05, 0) is 30.3 Å². The van der Waals surface area contributed by atoms with Crippen molar-refractivity contribution in [2.45, 2.75) is 4.90 Å². The number of sulfonamides is 1. The van der Waals surface area contributed by atoms with Gasteiger partial charge in [-0.2, -0.15) is 0 Å². The van der Waals surface area contributed by atoms with Crippen molar-refractivity contribution in [1.82, 2.24) is 0 Å². The first-order valence-corrected chi connectivity index (χ1v) is 8.52. The summed E-state index contributed by atoms with van der Waals surface area (Å²) in [5.74, 6) is 0.747. The first-order valence-electron chi connectivity index (χ1n) is 6.60. The number of nitro groups is 1. The molecule has 0 unspecified atom stereocenters. The van der Waals surface area contributed by atoms with E-state index in [0.29, 0.717) is 11.5 Å². The summed E-state index contributed by atoms with van der Waals surface area (Å²) in [5, 5.41) is 15.7. The van der Waals surface area contributed by atoms with E-state index in [1.54, 1.807) is 0 Å². The van der Waals surface area contributed by atoms with Gasteiger partial charge in [-0.25, -0.2) is 13.6 Å². The van der Waals surface area contributed by atoms with Gasteiger partial charge >= 0.3 is 0 Å². The number of non-ortho nitro benzene ring substituents is 1. The van der Waals surface area contributed by atoms with E-state index >= 15 is 0 Å². The van der Waals surface area contributed by atoms with Crippen molar-refractivity contribution in [3.63, 3.8) is 0 Å². The Kier molecular flexibility index (Phi) is 5.60. The Balaban J connectivity index is 1.86. The van der Waals surface area contributed by atoms with E-state index in [1.165, 1.54) is 42.5 Å². The Bertz CT molecular complexity index is 839. The van der Waals surface area contributed by atoms with Crippen molar-refractivity contribution >= 4 is 27.3 Å². The minimum atomic E-state index is -3.74. The molecule has 8 nitrogen and oxygen atoms in total. The van der Waals surface area contributed by atoms with Crippen molar-refractivity contribution in [2.75, 3.05) is 13.2 Å². The summed E-state index contributed by atoms with van der Waals surface area (Å²) in [5.41, 5.74) is -0.126. The number of benzene rings is 2. The minimum Gasteiger partial charge on any atom is -0.490 e. The smallest absolute Gasteiger partial charge is 0.271 e. The molecule has 0 saturated heterocycles. The van der Waals surface area contributed by atoms with Crippen LogP contribution in [-0.2, 0) is 10.0 Å². The topological polar surface area (TPSA) is 122 Å². The molecule has 10 heteroatoms. The normalized spacial score (nSPS) is 11.1. The number of nitrogens with zero attached hydrogens (tertiary/aromatic N) is 1. The summed E-state index contributed by atoms with van der Waals surface area (Å²) >= 11 is 5.89. The van der Waals surface area contributed by atoms with E-state index in [9.17, 15) is 18.5 Å². The quantitative estimate of drug-likeness (QED) is 0.452. The SMILES string of the molecule is NS(=O)(=O)c1ccc(OCCOc2ccc([N+](=O)[O-])cc2Cl)cc1. The number of nitrogens with two attached hydrogens (primary N) is 1. The molecular weight excluding hydrogens is 360 g/mol. The molecule has 2 rings (SSSR count). The predicted molar refractivity (Wildman–Crippen MR) is 86.9 cm³/mol. The van der Waals surface area contributed by atoms with Gasteiger partial charge in [0.1, 0.15) is 24.7 Å². The van der Waals surface area contributed by atoms with Crippen LogP contribution in [0.5, 0.6) is 11.5 Å². The van der Waals surface area contributed by atoms with Crippen LogP contribution in [0.3, 0.4) is 0 Å². The highest BCUT2D eigenvalue weighted by Crippen LogP contribution is 2.28. The lowest BCUT2D eigenvalue weighted by Gasteiger charge is -2.09. The first-order chi connectivity index (χ1) is 11.3. The molecule has 0 radical (unpaired) electrons. The van der Waals surface area contributed by atoms with Crippen LogP contribution in [0.2, 0.25) is 5.02 Å². The van der Waals surface area contributed by atoms with Gasteiger partial charge in [0.25, 0.3) is 5.69 Å². The summed E-state index contributed by atoms with van der Waals surface area (Å²) in [6.45, 7) is 0.316. The second-order valence-electron chi connectivity index (χ2n) is 4.59. The van der Waals surface area contributed by atoms with Gasteiger partial charge in [0.2, 0.25) is 10.0 Å². The lowest BCUT2D eigenvalue weighted by Crippen LogP contribution is -2.12. The molecule has 2 aromatic rings. The van der Waals surface area contributed by atoms with Crippen LogP contribution in [-0.4, -0.2) is 26.6 Å². The Morgan fingerprint density at radius 1 is 1.08 bits per heavy atom. The van der Waals surface area contributed by atoms with Gasteiger partial charge < -0.3 is 9.47 Å².